The maximum absolute atomic E-state index is 15.1. The first-order valence-electron chi connectivity index (χ1n) is 14.3. The molecule has 0 N–H and O–H groups in total. The van der Waals surface area contributed by atoms with Gasteiger partial charge < -0.3 is 9.13 Å². The van der Waals surface area contributed by atoms with E-state index < -0.39 is 11.6 Å². The van der Waals surface area contributed by atoms with Crippen LogP contribution in [0.1, 0.15) is 28.8 Å². The molecule has 1 aliphatic carbocycles. The van der Waals surface area contributed by atoms with Crippen LogP contribution in [0.5, 0.6) is 0 Å². The second-order valence-electron chi connectivity index (χ2n) is 11.0. The van der Waals surface area contributed by atoms with Crippen LogP contribution in [0.2, 0.25) is 0 Å². The summed E-state index contributed by atoms with van der Waals surface area (Å²) in [6, 6.07) is 33.4. The fourth-order valence-corrected chi connectivity index (χ4v) is 6.86. The number of hydrogen-bond acceptors (Lipinski definition) is 2. The molecule has 5 aromatic carbocycles. The van der Waals surface area contributed by atoms with E-state index in [1.165, 1.54) is 12.1 Å². The smallest absolute Gasteiger partial charge is 0.126 e. The standard InChI is InChI=1S/C38H22F2N4/c39-26-18-23(19-27(40)20-26)36-37(43-32-13-5-1-9-28(32)29-10-2-6-14-33(29)43)24(21-41)17-25(22-42)38(36)44-34-15-7-3-11-30(34)31-12-4-8-16-35(31)44/h1-3,5-11,13-20H,4,12H2. The van der Waals surface area contributed by atoms with Crippen molar-refractivity contribution in [2.45, 2.75) is 12.8 Å². The summed E-state index contributed by atoms with van der Waals surface area (Å²) in [5.41, 5.74) is 6.59. The molecule has 4 nitrogen and oxygen atoms in total. The molecular weight excluding hydrogens is 550 g/mol. The minimum atomic E-state index is -0.751. The summed E-state index contributed by atoms with van der Waals surface area (Å²) >= 11 is 0. The van der Waals surface area contributed by atoms with Gasteiger partial charge in [-0.2, -0.15) is 10.5 Å². The fourth-order valence-electron chi connectivity index (χ4n) is 6.86. The van der Waals surface area contributed by atoms with Gasteiger partial charge in [-0.15, -0.1) is 0 Å². The molecule has 0 fully saturated rings. The number of nitriles is 2. The monoisotopic (exact) mass is 572 g/mol. The maximum atomic E-state index is 15.1. The Morgan fingerprint density at radius 2 is 1.14 bits per heavy atom. The zero-order valence-corrected chi connectivity index (χ0v) is 23.4. The van der Waals surface area contributed by atoms with Gasteiger partial charge in [-0.1, -0.05) is 60.7 Å². The van der Waals surface area contributed by atoms with Gasteiger partial charge in [-0.25, -0.2) is 8.78 Å². The van der Waals surface area contributed by atoms with Crippen molar-refractivity contribution >= 4 is 38.8 Å². The Balaban J connectivity index is 1.66. The molecule has 1 aliphatic rings. The molecule has 0 amide bonds. The molecule has 0 radical (unpaired) electrons. The van der Waals surface area contributed by atoms with Crippen LogP contribution in [0, 0.1) is 34.3 Å². The molecule has 44 heavy (non-hydrogen) atoms. The third-order valence-corrected chi connectivity index (χ3v) is 8.55. The number of benzene rings is 5. The summed E-state index contributed by atoms with van der Waals surface area (Å²) in [5, 5.41) is 24.2. The lowest BCUT2D eigenvalue weighted by atomic mass is 9.93. The average molecular weight is 573 g/mol. The maximum Gasteiger partial charge on any atom is 0.126 e. The average Bonchev–Trinajstić information content (AvgIpc) is 3.56. The second-order valence-corrected chi connectivity index (χ2v) is 11.0. The lowest BCUT2D eigenvalue weighted by Gasteiger charge is -2.23. The summed E-state index contributed by atoms with van der Waals surface area (Å²) in [7, 11) is 0. The number of allylic oxidation sites excluding steroid dienone is 1. The zero-order valence-electron chi connectivity index (χ0n) is 23.4. The number of rotatable bonds is 3. The number of hydrogen-bond donors (Lipinski definition) is 0. The van der Waals surface area contributed by atoms with E-state index in [4.69, 9.17) is 0 Å². The highest BCUT2D eigenvalue weighted by molar-refractivity contribution is 6.10. The van der Waals surface area contributed by atoms with Gasteiger partial charge in [-0.05, 0) is 66.4 Å². The van der Waals surface area contributed by atoms with Gasteiger partial charge in [0.15, 0.2) is 0 Å². The molecule has 7 aromatic rings. The Morgan fingerprint density at radius 1 is 0.614 bits per heavy atom. The number of aromatic nitrogens is 2. The fraction of sp³-hybridized carbons (Fsp3) is 0.0526. The highest BCUT2D eigenvalue weighted by Gasteiger charge is 2.29. The molecule has 6 heteroatoms. The first-order valence-corrected chi connectivity index (χ1v) is 14.3. The quantitative estimate of drug-likeness (QED) is 0.212. The number of halogens is 2. The Kier molecular flexibility index (Phi) is 5.72. The number of aryl methyl sites for hydroxylation is 1. The molecule has 0 saturated carbocycles. The van der Waals surface area contributed by atoms with Crippen LogP contribution in [-0.2, 0) is 6.42 Å². The van der Waals surface area contributed by atoms with E-state index in [-0.39, 0.29) is 16.7 Å². The van der Waals surface area contributed by atoms with Gasteiger partial charge in [0.05, 0.1) is 39.1 Å². The first kappa shape index (κ1) is 25.7. The van der Waals surface area contributed by atoms with Crippen molar-refractivity contribution in [3.8, 4) is 34.6 Å². The minimum absolute atomic E-state index is 0.220. The molecule has 8 rings (SSSR count). The van der Waals surface area contributed by atoms with Crippen molar-refractivity contribution in [2.24, 2.45) is 0 Å². The molecule has 0 aliphatic heterocycles. The molecule has 0 unspecified atom stereocenters. The molecule has 0 bridgehead atoms. The molecule has 0 spiro atoms. The van der Waals surface area contributed by atoms with E-state index in [0.29, 0.717) is 16.9 Å². The van der Waals surface area contributed by atoms with E-state index >= 15 is 8.78 Å². The third-order valence-electron chi connectivity index (χ3n) is 8.55. The van der Waals surface area contributed by atoms with E-state index in [9.17, 15) is 10.5 Å². The second kappa shape index (κ2) is 9.80. The van der Waals surface area contributed by atoms with Gasteiger partial charge in [0.25, 0.3) is 0 Å². The highest BCUT2D eigenvalue weighted by atomic mass is 19.1. The summed E-state index contributed by atoms with van der Waals surface area (Å²) in [6.07, 6.45) is 5.85. The van der Waals surface area contributed by atoms with Crippen molar-refractivity contribution in [3.63, 3.8) is 0 Å². The van der Waals surface area contributed by atoms with Crippen LogP contribution in [0.4, 0.5) is 8.78 Å². The predicted molar refractivity (Wildman–Crippen MR) is 170 cm³/mol. The Labute approximate surface area is 251 Å². The van der Waals surface area contributed by atoms with Crippen molar-refractivity contribution in [2.75, 3.05) is 0 Å². The molecule has 0 atom stereocenters. The van der Waals surface area contributed by atoms with E-state index in [1.54, 1.807) is 6.07 Å². The molecule has 2 aromatic heterocycles. The van der Waals surface area contributed by atoms with Gasteiger partial charge in [0.2, 0.25) is 0 Å². The number of fused-ring (bicyclic) bond motifs is 6. The third kappa shape index (κ3) is 3.65. The molecular formula is C38H22F2N4. The number of para-hydroxylation sites is 3. The minimum Gasteiger partial charge on any atom is -0.308 e. The van der Waals surface area contributed by atoms with E-state index in [0.717, 1.165) is 62.9 Å². The largest absolute Gasteiger partial charge is 0.308 e. The van der Waals surface area contributed by atoms with Crippen molar-refractivity contribution in [3.05, 3.63) is 137 Å². The Hall–Kier alpha value is -5.98. The van der Waals surface area contributed by atoms with Gasteiger partial charge in [0, 0.05) is 33.5 Å². The summed E-state index contributed by atoms with van der Waals surface area (Å²) in [5.74, 6) is -1.50. The van der Waals surface area contributed by atoms with Gasteiger partial charge >= 0.3 is 0 Å². The lowest BCUT2D eigenvalue weighted by Crippen LogP contribution is -2.10. The van der Waals surface area contributed by atoms with Crippen LogP contribution >= 0.6 is 0 Å². The van der Waals surface area contributed by atoms with Crippen LogP contribution < -0.4 is 0 Å². The predicted octanol–water partition coefficient (Wildman–Crippen LogP) is 9.38. The highest BCUT2D eigenvalue weighted by Crippen LogP contribution is 2.45. The van der Waals surface area contributed by atoms with Crippen LogP contribution in [-0.4, -0.2) is 9.13 Å². The SMILES string of the molecule is N#Cc1cc(C#N)c(-n2c3ccccc3c3ccccc32)c(-c2cc(F)cc(F)c2)c1-n1c2c(c3ccccc31)CCC=C2. The summed E-state index contributed by atoms with van der Waals surface area (Å²) in [6.45, 7) is 0. The van der Waals surface area contributed by atoms with Crippen LogP contribution in [0.3, 0.4) is 0 Å². The molecule has 2 heterocycles. The Morgan fingerprint density at radius 3 is 1.73 bits per heavy atom. The summed E-state index contributed by atoms with van der Waals surface area (Å²) < 4.78 is 34.1. The zero-order chi connectivity index (χ0) is 29.9. The van der Waals surface area contributed by atoms with Crippen molar-refractivity contribution in [1.82, 2.24) is 9.13 Å². The van der Waals surface area contributed by atoms with Crippen LogP contribution in [0.25, 0.3) is 61.3 Å². The van der Waals surface area contributed by atoms with Crippen molar-refractivity contribution in [1.29, 1.82) is 10.5 Å². The van der Waals surface area contributed by atoms with Gasteiger partial charge in [0.1, 0.15) is 23.8 Å². The molecule has 0 saturated heterocycles. The van der Waals surface area contributed by atoms with Crippen LogP contribution in [0.15, 0.2) is 103 Å². The summed E-state index contributed by atoms with van der Waals surface area (Å²) in [4.78, 5) is 0. The molecule has 208 valence electrons. The lowest BCUT2D eigenvalue weighted by molar-refractivity contribution is 0.584. The normalized spacial score (nSPS) is 12.5. The Bertz CT molecular complexity index is 2370. The van der Waals surface area contributed by atoms with E-state index in [2.05, 4.69) is 24.3 Å². The van der Waals surface area contributed by atoms with Crippen molar-refractivity contribution < 1.29 is 8.78 Å². The first-order chi connectivity index (χ1) is 21.6. The van der Waals surface area contributed by atoms with Gasteiger partial charge in [-0.3, -0.25) is 0 Å². The van der Waals surface area contributed by atoms with E-state index in [1.807, 2.05) is 81.9 Å². The number of nitrogens with zero attached hydrogens (tertiary/aromatic N) is 4. The topological polar surface area (TPSA) is 57.4 Å².